The number of nitrogens with zero attached hydrogens (tertiary/aromatic N) is 4. The van der Waals surface area contributed by atoms with Crippen molar-refractivity contribution >= 4 is 45.8 Å². The fraction of sp³-hybridized carbons (Fsp3) is 0.292. The number of aryl methyl sites for hydroxylation is 2. The van der Waals surface area contributed by atoms with Crippen molar-refractivity contribution in [1.82, 2.24) is 24.1 Å². The van der Waals surface area contributed by atoms with E-state index in [9.17, 15) is 19.2 Å². The Bertz CT molecular complexity index is 1550. The largest absolute Gasteiger partial charge is 0.354 e. The Hall–Kier alpha value is -3.92. The summed E-state index contributed by atoms with van der Waals surface area (Å²) in [4.78, 5) is 51.4. The topological polar surface area (TPSA) is 120 Å². The lowest BCUT2D eigenvalue weighted by molar-refractivity contribution is -0.121. The molecule has 0 unspecified atom stereocenters. The number of aromatic nitrogens is 4. The summed E-state index contributed by atoms with van der Waals surface area (Å²) >= 11 is 6.11. The zero-order valence-electron chi connectivity index (χ0n) is 19.5. The van der Waals surface area contributed by atoms with Gasteiger partial charge in [0.1, 0.15) is 6.54 Å². The molecule has 0 bridgehead atoms. The molecule has 0 radical (unpaired) electrons. The van der Waals surface area contributed by atoms with E-state index < -0.39 is 17.2 Å². The van der Waals surface area contributed by atoms with Crippen molar-refractivity contribution in [2.45, 2.75) is 46.3 Å². The van der Waals surface area contributed by atoms with E-state index in [1.165, 1.54) is 15.0 Å². The Balaban J connectivity index is 1.76. The van der Waals surface area contributed by atoms with Crippen molar-refractivity contribution in [3.05, 3.63) is 73.9 Å². The maximum absolute atomic E-state index is 13.3. The Labute approximate surface area is 205 Å². The summed E-state index contributed by atoms with van der Waals surface area (Å²) in [6.45, 7) is 5.25. The van der Waals surface area contributed by atoms with Crippen LogP contribution >= 0.6 is 11.6 Å². The van der Waals surface area contributed by atoms with Gasteiger partial charge < -0.3 is 10.6 Å². The summed E-state index contributed by atoms with van der Waals surface area (Å²) in [6, 6.07) is 11.8. The van der Waals surface area contributed by atoms with Gasteiger partial charge in [-0.2, -0.15) is 0 Å². The van der Waals surface area contributed by atoms with Crippen LogP contribution in [0.5, 0.6) is 0 Å². The lowest BCUT2D eigenvalue weighted by Gasteiger charge is -2.11. The van der Waals surface area contributed by atoms with E-state index in [2.05, 4.69) is 15.7 Å². The molecule has 0 fully saturated rings. The van der Waals surface area contributed by atoms with Crippen LogP contribution in [-0.2, 0) is 22.7 Å². The molecule has 0 aliphatic carbocycles. The van der Waals surface area contributed by atoms with Crippen molar-refractivity contribution in [1.29, 1.82) is 0 Å². The molecule has 182 valence electrons. The molecule has 0 aliphatic rings. The predicted molar refractivity (Wildman–Crippen MR) is 134 cm³/mol. The van der Waals surface area contributed by atoms with Crippen LogP contribution in [0.15, 0.2) is 52.1 Å². The van der Waals surface area contributed by atoms with E-state index in [-0.39, 0.29) is 42.6 Å². The molecule has 0 saturated carbocycles. The van der Waals surface area contributed by atoms with Crippen LogP contribution in [0.3, 0.4) is 0 Å². The van der Waals surface area contributed by atoms with Gasteiger partial charge in [-0.1, -0.05) is 29.3 Å². The first-order valence-electron chi connectivity index (χ1n) is 11.1. The molecular formula is C24H25ClN6O4. The van der Waals surface area contributed by atoms with E-state index in [4.69, 9.17) is 11.6 Å². The average molecular weight is 497 g/mol. The molecule has 0 atom stereocenters. The van der Waals surface area contributed by atoms with Crippen LogP contribution in [0, 0.1) is 6.92 Å². The number of hydrogen-bond acceptors (Lipinski definition) is 5. The minimum Gasteiger partial charge on any atom is -0.354 e. The number of nitrogens with one attached hydrogen (secondary N) is 2. The second-order valence-electron chi connectivity index (χ2n) is 8.58. The normalized spacial score (nSPS) is 11.3. The van der Waals surface area contributed by atoms with Crippen molar-refractivity contribution < 1.29 is 9.59 Å². The maximum atomic E-state index is 13.3. The van der Waals surface area contributed by atoms with Gasteiger partial charge in [0.05, 0.1) is 10.9 Å². The third kappa shape index (κ3) is 5.12. The highest BCUT2D eigenvalue weighted by Gasteiger charge is 2.20. The van der Waals surface area contributed by atoms with Crippen molar-refractivity contribution in [2.75, 3.05) is 5.32 Å². The zero-order valence-corrected chi connectivity index (χ0v) is 20.3. The molecule has 2 amide bonds. The number of halogens is 1. The molecule has 4 rings (SSSR count). The molecule has 10 nitrogen and oxygen atoms in total. The summed E-state index contributed by atoms with van der Waals surface area (Å²) in [5, 5.41) is 10.3. The van der Waals surface area contributed by atoms with Gasteiger partial charge in [-0.05, 0) is 51.1 Å². The zero-order chi connectivity index (χ0) is 25.3. The molecule has 0 saturated heterocycles. The van der Waals surface area contributed by atoms with Crippen molar-refractivity contribution in [3.63, 3.8) is 0 Å². The highest BCUT2D eigenvalue weighted by molar-refractivity contribution is 6.31. The Morgan fingerprint density at radius 1 is 1.06 bits per heavy atom. The van der Waals surface area contributed by atoms with Crippen LogP contribution in [0.4, 0.5) is 5.69 Å². The first-order chi connectivity index (χ1) is 16.6. The number of hydrogen-bond donors (Lipinski definition) is 2. The average Bonchev–Trinajstić information content (AvgIpc) is 3.10. The molecular weight excluding hydrogens is 472 g/mol. The molecule has 2 N–H and O–H groups in total. The minimum absolute atomic E-state index is 0.00461. The maximum Gasteiger partial charge on any atom is 0.352 e. The van der Waals surface area contributed by atoms with Gasteiger partial charge in [0.25, 0.3) is 5.56 Å². The van der Waals surface area contributed by atoms with E-state index in [1.54, 1.807) is 24.3 Å². The summed E-state index contributed by atoms with van der Waals surface area (Å²) < 4.78 is 3.51. The molecule has 11 heteroatoms. The van der Waals surface area contributed by atoms with Crippen molar-refractivity contribution in [2.24, 2.45) is 0 Å². The van der Waals surface area contributed by atoms with E-state index in [0.717, 1.165) is 10.2 Å². The first kappa shape index (κ1) is 24.2. The lowest BCUT2D eigenvalue weighted by atomic mass is 10.2. The number of benzene rings is 2. The van der Waals surface area contributed by atoms with Gasteiger partial charge in [-0.25, -0.2) is 13.9 Å². The monoisotopic (exact) mass is 496 g/mol. The van der Waals surface area contributed by atoms with E-state index in [0.29, 0.717) is 16.2 Å². The standard InChI is InChI=1S/C24H25ClN6O4/c1-14(2)26-20(32)10-11-29-22(34)18-12-16(25)6-9-19(18)31-23(29)28-30(24(31)35)13-21(33)27-17-7-4-15(3)5-8-17/h4-9,12,14H,10-11,13H2,1-3H3,(H,26,32)(H,27,33). The van der Waals surface area contributed by atoms with Gasteiger partial charge in [0, 0.05) is 29.7 Å². The number of fused-ring (bicyclic) bond motifs is 3. The molecule has 2 aromatic heterocycles. The van der Waals surface area contributed by atoms with E-state index >= 15 is 0 Å². The van der Waals surface area contributed by atoms with Gasteiger partial charge in [0.15, 0.2) is 0 Å². The summed E-state index contributed by atoms with van der Waals surface area (Å²) in [5.74, 6) is -0.650. The molecule has 35 heavy (non-hydrogen) atoms. The fourth-order valence-corrected chi connectivity index (χ4v) is 3.95. The first-order valence-corrected chi connectivity index (χ1v) is 11.5. The smallest absolute Gasteiger partial charge is 0.352 e. The number of carbonyl (C=O) groups excluding carboxylic acids is 2. The molecule has 2 heterocycles. The van der Waals surface area contributed by atoms with Crippen LogP contribution in [0.25, 0.3) is 16.7 Å². The highest BCUT2D eigenvalue weighted by atomic mass is 35.5. The van der Waals surface area contributed by atoms with E-state index in [1.807, 2.05) is 32.9 Å². The SMILES string of the molecule is Cc1ccc(NC(=O)Cn2nc3n(CCC(=O)NC(C)C)c(=O)c4cc(Cl)ccc4n3c2=O)cc1. The van der Waals surface area contributed by atoms with Gasteiger partial charge in [-0.3, -0.25) is 19.0 Å². The number of amides is 2. The second-order valence-corrected chi connectivity index (χ2v) is 9.02. The third-order valence-corrected chi connectivity index (χ3v) is 5.61. The number of anilines is 1. The molecule has 0 spiro atoms. The van der Waals surface area contributed by atoms with Gasteiger partial charge in [0.2, 0.25) is 17.6 Å². The Morgan fingerprint density at radius 2 is 1.77 bits per heavy atom. The second kappa shape index (κ2) is 9.75. The molecule has 0 aliphatic heterocycles. The fourth-order valence-electron chi connectivity index (χ4n) is 3.78. The lowest BCUT2D eigenvalue weighted by Crippen LogP contribution is -2.33. The number of rotatable bonds is 7. The summed E-state index contributed by atoms with van der Waals surface area (Å²) in [6.07, 6.45) is 0.00871. The molecule has 2 aromatic carbocycles. The van der Waals surface area contributed by atoms with Crippen molar-refractivity contribution in [3.8, 4) is 0 Å². The summed E-state index contributed by atoms with van der Waals surface area (Å²) in [5.41, 5.74) is 0.921. The minimum atomic E-state index is -0.591. The predicted octanol–water partition coefficient (Wildman–Crippen LogP) is 2.33. The van der Waals surface area contributed by atoms with Crippen LogP contribution in [0.2, 0.25) is 5.02 Å². The Morgan fingerprint density at radius 3 is 2.46 bits per heavy atom. The molecule has 4 aromatic rings. The quantitative estimate of drug-likeness (QED) is 0.407. The third-order valence-electron chi connectivity index (χ3n) is 5.38. The number of carbonyl (C=O) groups is 2. The Kier molecular flexibility index (Phi) is 6.74. The van der Waals surface area contributed by atoms with Crippen LogP contribution in [-0.4, -0.2) is 36.6 Å². The van der Waals surface area contributed by atoms with Crippen LogP contribution < -0.4 is 21.9 Å². The highest BCUT2D eigenvalue weighted by Crippen LogP contribution is 2.17. The van der Waals surface area contributed by atoms with Gasteiger partial charge >= 0.3 is 5.69 Å². The van der Waals surface area contributed by atoms with Gasteiger partial charge in [-0.15, -0.1) is 5.10 Å². The summed E-state index contributed by atoms with van der Waals surface area (Å²) in [7, 11) is 0. The van der Waals surface area contributed by atoms with Crippen LogP contribution in [0.1, 0.15) is 25.8 Å².